The van der Waals surface area contributed by atoms with Crippen molar-refractivity contribution in [1.29, 1.82) is 0 Å². The van der Waals surface area contributed by atoms with Crippen molar-refractivity contribution in [2.24, 2.45) is 0 Å². The van der Waals surface area contributed by atoms with Gasteiger partial charge in [-0.2, -0.15) is 0 Å². The molecule has 2 aliphatic rings. The summed E-state index contributed by atoms with van der Waals surface area (Å²) in [6.07, 6.45) is 6.57. The van der Waals surface area contributed by atoms with Gasteiger partial charge in [0, 0.05) is 36.5 Å². The Balaban J connectivity index is 1.37. The summed E-state index contributed by atoms with van der Waals surface area (Å²) < 4.78 is 15.0. The minimum absolute atomic E-state index is 0.0705. The molecule has 148 valence electrons. The van der Waals surface area contributed by atoms with Crippen LogP contribution in [-0.4, -0.2) is 37.7 Å². The molecule has 5 rings (SSSR count). The van der Waals surface area contributed by atoms with Crippen LogP contribution in [0, 0.1) is 5.82 Å². The predicted octanol–water partition coefficient (Wildman–Crippen LogP) is 2.78. The summed E-state index contributed by atoms with van der Waals surface area (Å²) in [5, 5.41) is 8.75. The fraction of sp³-hybridized carbons (Fsp3) is 0.364. The molecule has 0 radical (unpaired) electrons. The molecule has 1 fully saturated rings. The molecule has 2 aromatic heterocycles. The van der Waals surface area contributed by atoms with Crippen LogP contribution in [0.5, 0.6) is 0 Å². The molecule has 0 aliphatic carbocycles. The first-order chi connectivity index (χ1) is 14.1. The standard InChI is InChI=1S/C22H22FN5O/c23-18-5-3-17(4-6-18)19-20(29)28-13-9-22(21(28)26-25-19)7-11-27(12-8-22)15-16-2-1-10-24-14-16/h1-6,10,14H,7-9,11-13,15H2. The van der Waals surface area contributed by atoms with E-state index < -0.39 is 0 Å². The molecule has 1 aromatic carbocycles. The fourth-order valence-corrected chi connectivity index (χ4v) is 4.61. The summed E-state index contributed by atoms with van der Waals surface area (Å²) in [6, 6.07) is 9.91. The van der Waals surface area contributed by atoms with Gasteiger partial charge < -0.3 is 0 Å². The molecule has 0 N–H and O–H groups in total. The van der Waals surface area contributed by atoms with Crippen molar-refractivity contribution >= 4 is 0 Å². The minimum Gasteiger partial charge on any atom is -0.299 e. The Hall–Kier alpha value is -2.93. The maximum atomic E-state index is 13.2. The van der Waals surface area contributed by atoms with Crippen molar-refractivity contribution in [2.75, 3.05) is 13.1 Å². The molecule has 1 spiro atoms. The molecule has 29 heavy (non-hydrogen) atoms. The van der Waals surface area contributed by atoms with Gasteiger partial charge in [-0.25, -0.2) is 4.39 Å². The van der Waals surface area contributed by atoms with Crippen molar-refractivity contribution in [2.45, 2.75) is 37.8 Å². The number of aromatic nitrogens is 4. The van der Waals surface area contributed by atoms with E-state index in [1.54, 1.807) is 22.9 Å². The first-order valence-electron chi connectivity index (χ1n) is 10.00. The second kappa shape index (κ2) is 7.15. The Morgan fingerprint density at radius 3 is 2.48 bits per heavy atom. The third-order valence-electron chi connectivity index (χ3n) is 6.30. The lowest BCUT2D eigenvalue weighted by atomic mass is 9.76. The maximum Gasteiger partial charge on any atom is 0.280 e. The lowest BCUT2D eigenvalue weighted by Crippen LogP contribution is -2.42. The van der Waals surface area contributed by atoms with Gasteiger partial charge in [-0.1, -0.05) is 6.07 Å². The predicted molar refractivity (Wildman–Crippen MR) is 107 cm³/mol. The highest BCUT2D eigenvalue weighted by Crippen LogP contribution is 2.41. The number of fused-ring (bicyclic) bond motifs is 2. The first kappa shape index (κ1) is 18.1. The molecule has 7 heteroatoms. The van der Waals surface area contributed by atoms with E-state index in [0.717, 1.165) is 44.7 Å². The molecule has 0 unspecified atom stereocenters. The third kappa shape index (κ3) is 3.25. The summed E-state index contributed by atoms with van der Waals surface area (Å²) >= 11 is 0. The SMILES string of the molecule is O=c1c(-c2ccc(F)cc2)nnc2n1CCC21CCN(Cc2cccnc2)CC1. The third-order valence-corrected chi connectivity index (χ3v) is 6.30. The van der Waals surface area contributed by atoms with E-state index in [4.69, 9.17) is 0 Å². The van der Waals surface area contributed by atoms with E-state index in [1.165, 1.54) is 17.7 Å². The summed E-state index contributed by atoms with van der Waals surface area (Å²) in [4.78, 5) is 19.7. The number of hydrogen-bond donors (Lipinski definition) is 0. The number of rotatable bonds is 3. The van der Waals surface area contributed by atoms with Crippen LogP contribution in [0.4, 0.5) is 4.39 Å². The van der Waals surface area contributed by atoms with Gasteiger partial charge in [-0.15, -0.1) is 10.2 Å². The number of piperidine rings is 1. The molecule has 2 aliphatic heterocycles. The Morgan fingerprint density at radius 1 is 1.00 bits per heavy atom. The molecule has 3 aromatic rings. The van der Waals surface area contributed by atoms with Crippen LogP contribution in [0.1, 0.15) is 30.7 Å². The summed E-state index contributed by atoms with van der Waals surface area (Å²) in [6.45, 7) is 3.49. The van der Waals surface area contributed by atoms with Gasteiger partial charge in [0.2, 0.25) is 0 Å². The van der Waals surface area contributed by atoms with Gasteiger partial charge >= 0.3 is 0 Å². The van der Waals surface area contributed by atoms with Crippen LogP contribution in [0.2, 0.25) is 0 Å². The number of hydrogen-bond acceptors (Lipinski definition) is 5. The fourth-order valence-electron chi connectivity index (χ4n) is 4.61. The first-order valence-corrected chi connectivity index (χ1v) is 10.00. The van der Waals surface area contributed by atoms with E-state index in [-0.39, 0.29) is 16.8 Å². The van der Waals surface area contributed by atoms with Crippen LogP contribution in [0.15, 0.2) is 53.6 Å². The minimum atomic E-state index is -0.333. The van der Waals surface area contributed by atoms with Crippen molar-refractivity contribution < 1.29 is 4.39 Å². The monoisotopic (exact) mass is 391 g/mol. The molecule has 0 atom stereocenters. The van der Waals surface area contributed by atoms with Crippen molar-refractivity contribution in [3.63, 3.8) is 0 Å². The lowest BCUT2D eigenvalue weighted by molar-refractivity contribution is 0.149. The maximum absolute atomic E-state index is 13.2. The average Bonchev–Trinajstić information content (AvgIpc) is 3.11. The van der Waals surface area contributed by atoms with Crippen molar-refractivity contribution in [3.05, 3.63) is 76.4 Å². The number of nitrogens with zero attached hydrogens (tertiary/aromatic N) is 5. The highest BCUT2D eigenvalue weighted by atomic mass is 19.1. The van der Waals surface area contributed by atoms with E-state index in [2.05, 4.69) is 26.1 Å². The second-order valence-electron chi connectivity index (χ2n) is 8.00. The van der Waals surface area contributed by atoms with Crippen LogP contribution in [0.25, 0.3) is 11.3 Å². The van der Waals surface area contributed by atoms with Gasteiger partial charge in [0.25, 0.3) is 5.56 Å². The van der Waals surface area contributed by atoms with Crippen LogP contribution in [-0.2, 0) is 18.5 Å². The van der Waals surface area contributed by atoms with Gasteiger partial charge in [-0.3, -0.25) is 19.2 Å². The largest absolute Gasteiger partial charge is 0.299 e. The van der Waals surface area contributed by atoms with Crippen LogP contribution >= 0.6 is 0 Å². The zero-order valence-corrected chi connectivity index (χ0v) is 16.1. The normalized spacial score (nSPS) is 18.1. The van der Waals surface area contributed by atoms with Crippen LogP contribution < -0.4 is 5.56 Å². The van der Waals surface area contributed by atoms with Gasteiger partial charge in [0.15, 0.2) is 5.69 Å². The highest BCUT2D eigenvalue weighted by Gasteiger charge is 2.44. The lowest BCUT2D eigenvalue weighted by Gasteiger charge is -2.38. The average molecular weight is 391 g/mol. The summed E-state index contributed by atoms with van der Waals surface area (Å²) in [5.74, 6) is 0.481. The Morgan fingerprint density at radius 2 is 1.76 bits per heavy atom. The molecule has 0 saturated carbocycles. The van der Waals surface area contributed by atoms with Crippen LogP contribution in [0.3, 0.4) is 0 Å². The summed E-state index contributed by atoms with van der Waals surface area (Å²) in [5.41, 5.74) is 1.91. The molecule has 0 bridgehead atoms. The molecule has 0 amide bonds. The number of benzene rings is 1. The highest BCUT2D eigenvalue weighted by molar-refractivity contribution is 5.57. The second-order valence-corrected chi connectivity index (χ2v) is 8.00. The van der Waals surface area contributed by atoms with Crippen molar-refractivity contribution in [3.8, 4) is 11.3 Å². The molecule has 4 heterocycles. The molecular weight excluding hydrogens is 369 g/mol. The molecular formula is C22H22FN5O. The zero-order chi connectivity index (χ0) is 19.8. The Labute approximate surface area is 168 Å². The summed E-state index contributed by atoms with van der Waals surface area (Å²) in [7, 11) is 0. The van der Waals surface area contributed by atoms with E-state index in [0.29, 0.717) is 17.8 Å². The molecule has 1 saturated heterocycles. The smallest absolute Gasteiger partial charge is 0.280 e. The number of pyridine rings is 1. The molecule has 6 nitrogen and oxygen atoms in total. The van der Waals surface area contributed by atoms with Gasteiger partial charge in [-0.05, 0) is 68.2 Å². The van der Waals surface area contributed by atoms with Crippen molar-refractivity contribution in [1.82, 2.24) is 24.6 Å². The van der Waals surface area contributed by atoms with Gasteiger partial charge in [0.1, 0.15) is 11.6 Å². The topological polar surface area (TPSA) is 63.9 Å². The Kier molecular flexibility index (Phi) is 4.47. The van der Waals surface area contributed by atoms with Gasteiger partial charge in [0.05, 0.1) is 0 Å². The van der Waals surface area contributed by atoms with E-state index in [9.17, 15) is 9.18 Å². The van der Waals surface area contributed by atoms with E-state index in [1.807, 2.05) is 12.3 Å². The zero-order valence-electron chi connectivity index (χ0n) is 16.1. The Bertz CT molecular complexity index is 1070. The number of likely N-dealkylation sites (tertiary alicyclic amines) is 1. The number of halogens is 1. The van der Waals surface area contributed by atoms with E-state index >= 15 is 0 Å². The quantitative estimate of drug-likeness (QED) is 0.687.